The van der Waals surface area contributed by atoms with Crippen molar-refractivity contribution in [3.8, 4) is 11.1 Å². The summed E-state index contributed by atoms with van der Waals surface area (Å²) in [6, 6.07) is 18.8. The molecule has 30 heavy (non-hydrogen) atoms. The van der Waals surface area contributed by atoms with Gasteiger partial charge in [0.2, 0.25) is 0 Å². The second-order valence-electron chi connectivity index (χ2n) is 7.47. The summed E-state index contributed by atoms with van der Waals surface area (Å²) in [5.41, 5.74) is 6.30. The molecule has 2 heterocycles. The van der Waals surface area contributed by atoms with Gasteiger partial charge in [0.15, 0.2) is 0 Å². The predicted octanol–water partition coefficient (Wildman–Crippen LogP) is 6.01. The molecule has 0 unspecified atom stereocenters. The van der Waals surface area contributed by atoms with Gasteiger partial charge in [0.1, 0.15) is 5.69 Å². The van der Waals surface area contributed by atoms with Gasteiger partial charge in [0.25, 0.3) is 11.7 Å². The lowest BCUT2D eigenvalue weighted by Crippen LogP contribution is -2.25. The molecule has 2 aromatic heterocycles. The van der Waals surface area contributed by atoms with Gasteiger partial charge in [-0.15, -0.1) is 0 Å². The van der Waals surface area contributed by atoms with E-state index in [2.05, 4.69) is 5.32 Å². The number of anilines is 1. The molecule has 0 spiro atoms. The summed E-state index contributed by atoms with van der Waals surface area (Å²) in [7, 11) is 0. The Morgan fingerprint density at radius 1 is 0.900 bits per heavy atom. The van der Waals surface area contributed by atoms with Crippen LogP contribution in [0.25, 0.3) is 16.6 Å². The number of Topliss-reactive ketones (excluding diaryl/α,β-unsaturated/α-hetero) is 1. The molecule has 4 aromatic rings. The molecule has 4 nitrogen and oxygen atoms in total. The zero-order chi connectivity index (χ0) is 21.4. The maximum atomic E-state index is 13.3. The second-order valence-corrected chi connectivity index (χ2v) is 7.90. The Kier molecular flexibility index (Phi) is 5.18. The van der Waals surface area contributed by atoms with Crippen LogP contribution in [0.4, 0.5) is 5.69 Å². The van der Waals surface area contributed by atoms with Crippen molar-refractivity contribution < 1.29 is 9.59 Å². The van der Waals surface area contributed by atoms with Gasteiger partial charge in [-0.1, -0.05) is 47.5 Å². The number of fused-ring (bicyclic) bond motifs is 1. The highest BCUT2D eigenvalue weighted by Gasteiger charge is 2.25. The van der Waals surface area contributed by atoms with E-state index in [0.717, 1.165) is 27.8 Å². The number of pyridine rings is 1. The van der Waals surface area contributed by atoms with E-state index in [4.69, 9.17) is 11.6 Å². The molecule has 0 aliphatic carbocycles. The van der Waals surface area contributed by atoms with E-state index in [0.29, 0.717) is 22.0 Å². The van der Waals surface area contributed by atoms with Crippen LogP contribution >= 0.6 is 11.6 Å². The molecular formula is C25H21ClN2O2. The van der Waals surface area contributed by atoms with Crippen molar-refractivity contribution in [2.24, 2.45) is 0 Å². The minimum Gasteiger partial charge on any atom is -0.319 e. The number of carbonyl (C=O) groups is 2. The number of aromatic nitrogens is 1. The van der Waals surface area contributed by atoms with Crippen LogP contribution in [-0.4, -0.2) is 16.1 Å². The third-order valence-electron chi connectivity index (χ3n) is 5.17. The topological polar surface area (TPSA) is 50.6 Å². The number of carbonyl (C=O) groups excluding carboxylic acids is 2. The van der Waals surface area contributed by atoms with Crippen molar-refractivity contribution >= 4 is 34.5 Å². The number of hydrogen-bond donors (Lipinski definition) is 1. The molecular weight excluding hydrogens is 396 g/mol. The number of benzene rings is 2. The summed E-state index contributed by atoms with van der Waals surface area (Å²) in [6.07, 6.45) is 1.79. The number of nitrogens with zero attached hydrogens (tertiary/aromatic N) is 1. The molecule has 5 heteroatoms. The van der Waals surface area contributed by atoms with Gasteiger partial charge < -0.3 is 9.72 Å². The quantitative estimate of drug-likeness (QED) is 0.327. The van der Waals surface area contributed by atoms with Gasteiger partial charge >= 0.3 is 0 Å². The maximum Gasteiger partial charge on any atom is 0.298 e. The Balaban J connectivity index is 1.78. The number of halogens is 1. The van der Waals surface area contributed by atoms with Crippen LogP contribution in [-0.2, 0) is 4.79 Å². The number of hydrogen-bond acceptors (Lipinski definition) is 2. The normalized spacial score (nSPS) is 10.9. The summed E-state index contributed by atoms with van der Waals surface area (Å²) in [6.45, 7) is 5.85. The molecule has 0 radical (unpaired) electrons. The highest BCUT2D eigenvalue weighted by Crippen LogP contribution is 2.30. The average Bonchev–Trinajstić information content (AvgIpc) is 3.10. The van der Waals surface area contributed by atoms with E-state index < -0.39 is 11.7 Å². The van der Waals surface area contributed by atoms with E-state index in [1.165, 1.54) is 0 Å². The first kappa shape index (κ1) is 19.9. The second kappa shape index (κ2) is 7.81. The van der Waals surface area contributed by atoms with E-state index in [1.54, 1.807) is 22.7 Å². The van der Waals surface area contributed by atoms with E-state index in [1.807, 2.05) is 69.3 Å². The zero-order valence-electron chi connectivity index (χ0n) is 17.0. The fourth-order valence-electron chi connectivity index (χ4n) is 3.86. The summed E-state index contributed by atoms with van der Waals surface area (Å²) in [5, 5.41) is 3.43. The number of amides is 1. The summed E-state index contributed by atoms with van der Waals surface area (Å²) in [4.78, 5) is 26.3. The molecule has 1 amide bonds. The number of aryl methyl sites for hydroxylation is 3. The molecule has 0 bridgehead atoms. The first-order valence-electron chi connectivity index (χ1n) is 9.64. The van der Waals surface area contributed by atoms with Gasteiger partial charge in [-0.3, -0.25) is 9.59 Å². The van der Waals surface area contributed by atoms with Gasteiger partial charge in [0, 0.05) is 28.0 Å². The zero-order valence-corrected chi connectivity index (χ0v) is 17.7. The highest BCUT2D eigenvalue weighted by atomic mass is 35.5. The van der Waals surface area contributed by atoms with Crippen molar-refractivity contribution in [1.82, 2.24) is 4.40 Å². The van der Waals surface area contributed by atoms with Crippen LogP contribution in [0, 0.1) is 20.8 Å². The van der Waals surface area contributed by atoms with Crippen molar-refractivity contribution in [3.63, 3.8) is 0 Å². The lowest BCUT2D eigenvalue weighted by molar-refractivity contribution is -0.112. The fraction of sp³-hybridized carbons (Fsp3) is 0.120. The summed E-state index contributed by atoms with van der Waals surface area (Å²) in [5.74, 6) is -1.25. The molecule has 4 rings (SSSR count). The standard InChI is InChI=1S/C25H21ClN2O2/c1-15-12-16(2)22(17(3)13-15)27-25(30)24(29)23-21(18-7-9-19(26)10-8-18)14-20-6-4-5-11-28(20)23/h4-14H,1-3H3,(H,27,30). The Hall–Kier alpha value is -3.37. The third kappa shape index (κ3) is 3.62. The Labute approximate surface area is 180 Å². The fourth-order valence-corrected chi connectivity index (χ4v) is 3.99. The molecule has 0 aliphatic heterocycles. The third-order valence-corrected chi connectivity index (χ3v) is 5.42. The van der Waals surface area contributed by atoms with Crippen LogP contribution in [0.1, 0.15) is 27.2 Å². The largest absolute Gasteiger partial charge is 0.319 e. The van der Waals surface area contributed by atoms with Gasteiger partial charge in [-0.25, -0.2) is 0 Å². The first-order chi connectivity index (χ1) is 14.3. The van der Waals surface area contributed by atoms with Gasteiger partial charge in [-0.2, -0.15) is 0 Å². The van der Waals surface area contributed by atoms with Crippen molar-refractivity contribution in [2.45, 2.75) is 20.8 Å². The van der Waals surface area contributed by atoms with Gasteiger partial charge in [-0.05, 0) is 67.8 Å². The summed E-state index contributed by atoms with van der Waals surface area (Å²) < 4.78 is 1.75. The van der Waals surface area contributed by atoms with Crippen molar-refractivity contribution in [2.75, 3.05) is 5.32 Å². The lowest BCUT2D eigenvalue weighted by Gasteiger charge is -2.13. The molecule has 0 fully saturated rings. The van der Waals surface area contributed by atoms with E-state index in [9.17, 15) is 9.59 Å². The SMILES string of the molecule is Cc1cc(C)c(NC(=O)C(=O)c2c(-c3ccc(Cl)cc3)cc3ccccn23)c(C)c1. The molecule has 0 saturated carbocycles. The van der Waals surface area contributed by atoms with E-state index in [-0.39, 0.29) is 0 Å². The number of rotatable bonds is 4. The van der Waals surface area contributed by atoms with Crippen LogP contribution in [0.2, 0.25) is 5.02 Å². The molecule has 2 aromatic carbocycles. The lowest BCUT2D eigenvalue weighted by atomic mass is 10.0. The summed E-state index contributed by atoms with van der Waals surface area (Å²) >= 11 is 6.03. The molecule has 0 atom stereocenters. The predicted molar refractivity (Wildman–Crippen MR) is 121 cm³/mol. The minimum atomic E-state index is -0.663. The van der Waals surface area contributed by atoms with Crippen LogP contribution in [0.3, 0.4) is 0 Å². The van der Waals surface area contributed by atoms with Gasteiger partial charge in [0.05, 0.1) is 0 Å². The van der Waals surface area contributed by atoms with Crippen molar-refractivity contribution in [1.29, 1.82) is 0 Å². The smallest absolute Gasteiger partial charge is 0.298 e. The van der Waals surface area contributed by atoms with Crippen LogP contribution < -0.4 is 5.32 Å². The molecule has 0 saturated heterocycles. The average molecular weight is 417 g/mol. The number of ketones is 1. The Bertz CT molecular complexity index is 1260. The Morgan fingerprint density at radius 3 is 2.23 bits per heavy atom. The highest BCUT2D eigenvalue weighted by molar-refractivity contribution is 6.47. The van der Waals surface area contributed by atoms with Crippen molar-refractivity contribution in [3.05, 3.63) is 94.3 Å². The Morgan fingerprint density at radius 2 is 1.57 bits per heavy atom. The minimum absolute atomic E-state index is 0.327. The molecule has 1 N–H and O–H groups in total. The maximum absolute atomic E-state index is 13.3. The molecule has 150 valence electrons. The molecule has 0 aliphatic rings. The first-order valence-corrected chi connectivity index (χ1v) is 10.0. The monoisotopic (exact) mass is 416 g/mol. The van der Waals surface area contributed by atoms with Crippen LogP contribution in [0.15, 0.2) is 66.9 Å². The van der Waals surface area contributed by atoms with Crippen LogP contribution in [0.5, 0.6) is 0 Å². The number of nitrogens with one attached hydrogen (secondary N) is 1. The van der Waals surface area contributed by atoms with E-state index >= 15 is 0 Å².